The Balaban J connectivity index is 1.65. The number of thiazole rings is 1. The van der Waals surface area contributed by atoms with Crippen molar-refractivity contribution in [2.75, 3.05) is 6.54 Å². The highest BCUT2D eigenvalue weighted by Gasteiger charge is 2.22. The van der Waals surface area contributed by atoms with Crippen molar-refractivity contribution >= 4 is 17.2 Å². The van der Waals surface area contributed by atoms with Gasteiger partial charge in [0.05, 0.1) is 6.54 Å². The van der Waals surface area contributed by atoms with Gasteiger partial charge in [0.15, 0.2) is 0 Å². The van der Waals surface area contributed by atoms with Crippen LogP contribution in [0, 0.1) is 0 Å². The zero-order valence-electron chi connectivity index (χ0n) is 8.21. The largest absolute Gasteiger partial charge is 0.352 e. The predicted octanol–water partition coefficient (Wildman–Crippen LogP) is -0.195. The molecule has 3 N–H and O–H groups in total. The highest BCUT2D eigenvalue weighted by atomic mass is 32.1. The van der Waals surface area contributed by atoms with Gasteiger partial charge in [0.1, 0.15) is 0 Å². The topological polar surface area (TPSA) is 74.0 Å². The first kappa shape index (κ1) is 10.4. The quantitative estimate of drug-likeness (QED) is 0.652. The summed E-state index contributed by atoms with van der Waals surface area (Å²) in [7, 11) is 0. The van der Waals surface area contributed by atoms with Gasteiger partial charge >= 0.3 is 4.87 Å². The molecule has 1 fully saturated rings. The number of hydrogen-bond acceptors (Lipinski definition) is 4. The molecule has 0 spiro atoms. The molecule has 1 aliphatic carbocycles. The van der Waals surface area contributed by atoms with E-state index in [0.717, 1.165) is 29.9 Å². The van der Waals surface area contributed by atoms with Crippen LogP contribution >= 0.6 is 11.3 Å². The molecular weight excluding hydrogens is 214 g/mol. The fraction of sp³-hybridized carbons (Fsp3) is 0.556. The molecule has 0 aliphatic heterocycles. The number of nitrogens with one attached hydrogen (secondary N) is 3. The Bertz CT molecular complexity index is 394. The lowest BCUT2D eigenvalue weighted by Gasteiger charge is -2.03. The van der Waals surface area contributed by atoms with Gasteiger partial charge in [-0.3, -0.25) is 9.59 Å². The molecule has 0 aromatic carbocycles. The molecule has 0 radical (unpaired) electrons. The molecule has 1 aromatic heterocycles. The first-order valence-corrected chi connectivity index (χ1v) is 5.79. The number of carbonyl (C=O) groups is 1. The van der Waals surface area contributed by atoms with E-state index >= 15 is 0 Å². The minimum Gasteiger partial charge on any atom is -0.352 e. The fourth-order valence-electron chi connectivity index (χ4n) is 1.22. The van der Waals surface area contributed by atoms with Crippen molar-refractivity contribution in [1.82, 2.24) is 15.6 Å². The Kier molecular flexibility index (Phi) is 3.17. The van der Waals surface area contributed by atoms with Gasteiger partial charge in [0.25, 0.3) is 0 Å². The fourth-order valence-corrected chi connectivity index (χ4v) is 1.80. The molecular formula is C9H13N3O2S. The zero-order valence-corrected chi connectivity index (χ0v) is 9.02. The Morgan fingerprint density at radius 3 is 3.00 bits per heavy atom. The van der Waals surface area contributed by atoms with Crippen LogP contribution in [0.15, 0.2) is 10.2 Å². The summed E-state index contributed by atoms with van der Waals surface area (Å²) in [6.45, 7) is 0.825. The third-order valence-corrected chi connectivity index (χ3v) is 2.83. The number of carbonyl (C=O) groups excluding carboxylic acids is 1. The molecule has 0 unspecified atom stereocenters. The lowest BCUT2D eigenvalue weighted by Crippen LogP contribution is -2.34. The van der Waals surface area contributed by atoms with Gasteiger partial charge in [-0.1, -0.05) is 11.3 Å². The smallest absolute Gasteiger partial charge is 0.304 e. The lowest BCUT2D eigenvalue weighted by atomic mass is 10.4. The molecule has 6 heteroatoms. The maximum atomic E-state index is 11.2. The van der Waals surface area contributed by atoms with E-state index in [1.165, 1.54) is 0 Å². The van der Waals surface area contributed by atoms with Crippen LogP contribution in [0.5, 0.6) is 0 Å². The van der Waals surface area contributed by atoms with Crippen molar-refractivity contribution in [3.8, 4) is 0 Å². The Labute approximate surface area is 90.9 Å². The minimum atomic E-state index is -0.0609. The first-order chi connectivity index (χ1) is 7.24. The summed E-state index contributed by atoms with van der Waals surface area (Å²) in [5.41, 5.74) is 0.823. The summed E-state index contributed by atoms with van der Waals surface area (Å²) in [5.74, 6) is 0.0232. The van der Waals surface area contributed by atoms with Crippen molar-refractivity contribution in [3.63, 3.8) is 0 Å². The lowest BCUT2D eigenvalue weighted by molar-refractivity contribution is -0.120. The summed E-state index contributed by atoms with van der Waals surface area (Å²) < 4.78 is 0. The van der Waals surface area contributed by atoms with E-state index in [2.05, 4.69) is 15.6 Å². The number of H-pyrrole nitrogens is 1. The van der Waals surface area contributed by atoms with Crippen LogP contribution in [0.25, 0.3) is 0 Å². The molecule has 1 saturated carbocycles. The molecule has 0 atom stereocenters. The molecule has 1 aromatic rings. The Morgan fingerprint density at radius 1 is 1.60 bits per heavy atom. The van der Waals surface area contributed by atoms with Gasteiger partial charge in [0.2, 0.25) is 5.91 Å². The summed E-state index contributed by atoms with van der Waals surface area (Å²) in [6.07, 6.45) is 2.20. The van der Waals surface area contributed by atoms with Crippen LogP contribution in [-0.4, -0.2) is 23.5 Å². The maximum Gasteiger partial charge on any atom is 0.304 e. The normalized spacial score (nSPS) is 15.2. The van der Waals surface area contributed by atoms with Gasteiger partial charge in [-0.05, 0) is 12.8 Å². The number of amides is 1. The summed E-state index contributed by atoms with van der Waals surface area (Å²) in [5, 5.41) is 7.61. The molecule has 82 valence electrons. The molecule has 1 aliphatic rings. The highest BCUT2D eigenvalue weighted by Crippen LogP contribution is 2.18. The van der Waals surface area contributed by atoms with E-state index in [-0.39, 0.29) is 10.8 Å². The third-order valence-electron chi connectivity index (χ3n) is 2.11. The molecule has 2 rings (SSSR count). The number of aromatic amines is 1. The van der Waals surface area contributed by atoms with E-state index in [4.69, 9.17) is 0 Å². The molecule has 0 bridgehead atoms. The SMILES string of the molecule is O=C(CNCc1csc(=O)[nH]1)NC1CC1. The molecule has 0 saturated heterocycles. The van der Waals surface area contributed by atoms with Crippen LogP contribution in [0.1, 0.15) is 18.5 Å². The Morgan fingerprint density at radius 2 is 2.40 bits per heavy atom. The van der Waals surface area contributed by atoms with Gasteiger partial charge in [0, 0.05) is 23.7 Å². The van der Waals surface area contributed by atoms with Crippen LogP contribution in [0.3, 0.4) is 0 Å². The van der Waals surface area contributed by atoms with Crippen molar-refractivity contribution in [1.29, 1.82) is 0 Å². The Hall–Kier alpha value is -1.14. The first-order valence-electron chi connectivity index (χ1n) is 4.91. The molecule has 1 amide bonds. The summed E-state index contributed by atoms with van der Waals surface area (Å²) in [4.78, 5) is 24.7. The number of rotatable bonds is 5. The van der Waals surface area contributed by atoms with Gasteiger partial charge in [-0.15, -0.1) is 0 Å². The average Bonchev–Trinajstić information content (AvgIpc) is 2.89. The van der Waals surface area contributed by atoms with E-state index < -0.39 is 0 Å². The van der Waals surface area contributed by atoms with E-state index in [0.29, 0.717) is 19.1 Å². The highest BCUT2D eigenvalue weighted by molar-refractivity contribution is 7.07. The number of hydrogen-bond donors (Lipinski definition) is 3. The average molecular weight is 227 g/mol. The van der Waals surface area contributed by atoms with Crippen molar-refractivity contribution in [3.05, 3.63) is 20.7 Å². The van der Waals surface area contributed by atoms with E-state index in [1.54, 1.807) is 5.38 Å². The van der Waals surface area contributed by atoms with Gasteiger partial charge in [-0.2, -0.15) is 0 Å². The standard InChI is InChI=1S/C9H13N3O2S/c13-8(11-6-1-2-6)4-10-3-7-5-15-9(14)12-7/h5-6,10H,1-4H2,(H,11,13)(H,12,14). The maximum absolute atomic E-state index is 11.2. The van der Waals surface area contributed by atoms with Crippen molar-refractivity contribution < 1.29 is 4.79 Å². The van der Waals surface area contributed by atoms with E-state index in [9.17, 15) is 9.59 Å². The van der Waals surface area contributed by atoms with Crippen LogP contribution in [0.4, 0.5) is 0 Å². The second-order valence-electron chi connectivity index (χ2n) is 3.62. The third kappa shape index (κ3) is 3.49. The summed E-state index contributed by atoms with van der Waals surface area (Å²) in [6, 6.07) is 0.403. The predicted molar refractivity (Wildman–Crippen MR) is 57.8 cm³/mol. The van der Waals surface area contributed by atoms with E-state index in [1.807, 2.05) is 0 Å². The van der Waals surface area contributed by atoms with Crippen LogP contribution in [-0.2, 0) is 11.3 Å². The summed E-state index contributed by atoms with van der Waals surface area (Å²) >= 11 is 1.13. The van der Waals surface area contributed by atoms with Crippen LogP contribution in [0.2, 0.25) is 0 Å². The number of aromatic nitrogens is 1. The molecule has 1 heterocycles. The zero-order chi connectivity index (χ0) is 10.7. The second-order valence-corrected chi connectivity index (χ2v) is 4.46. The minimum absolute atomic E-state index is 0.0232. The second kappa shape index (κ2) is 4.59. The monoisotopic (exact) mass is 227 g/mol. The van der Waals surface area contributed by atoms with Gasteiger partial charge in [-0.25, -0.2) is 0 Å². The van der Waals surface area contributed by atoms with Crippen molar-refractivity contribution in [2.24, 2.45) is 0 Å². The molecule has 5 nitrogen and oxygen atoms in total. The molecule has 15 heavy (non-hydrogen) atoms. The van der Waals surface area contributed by atoms with Crippen LogP contribution < -0.4 is 15.5 Å². The van der Waals surface area contributed by atoms with Gasteiger partial charge < -0.3 is 15.6 Å². The van der Waals surface area contributed by atoms with Crippen molar-refractivity contribution in [2.45, 2.75) is 25.4 Å².